The molecule has 1 aromatic carbocycles. The molecule has 0 spiro atoms. The number of phenols is 1. The number of nitrogens with zero attached hydrogens (tertiary/aromatic N) is 3. The number of aromatic hydroxyl groups is 1. The number of benzene rings is 1. The Hall–Kier alpha value is -3.48. The van der Waals surface area contributed by atoms with E-state index in [1.54, 1.807) is 0 Å². The molecular weight excluding hydrogens is 374 g/mol. The van der Waals surface area contributed by atoms with Gasteiger partial charge >= 0.3 is 11.7 Å². The maximum absolute atomic E-state index is 12.2. The molecule has 12 nitrogen and oxygen atoms in total. The van der Waals surface area contributed by atoms with E-state index in [0.717, 1.165) is 19.3 Å². The van der Waals surface area contributed by atoms with Gasteiger partial charge in [-0.3, -0.25) is 39.5 Å². The molecule has 2 rings (SSSR count). The summed E-state index contributed by atoms with van der Waals surface area (Å²) in [5.41, 5.74) is -2.01. The summed E-state index contributed by atoms with van der Waals surface area (Å²) >= 11 is 0.406. The van der Waals surface area contributed by atoms with E-state index in [1.165, 1.54) is 0 Å². The first-order chi connectivity index (χ1) is 12.1. The van der Waals surface area contributed by atoms with Gasteiger partial charge in [-0.2, -0.15) is 0 Å². The van der Waals surface area contributed by atoms with Crippen LogP contribution in [-0.4, -0.2) is 50.6 Å². The Labute approximate surface area is 148 Å². The van der Waals surface area contributed by atoms with Crippen LogP contribution < -0.4 is 0 Å². The van der Waals surface area contributed by atoms with E-state index < -0.39 is 56.2 Å². The number of ether oxygens (including phenoxy) is 1. The first kappa shape index (κ1) is 18.9. The minimum Gasteiger partial charge on any atom is -0.502 e. The first-order valence-electron chi connectivity index (χ1n) is 6.63. The second kappa shape index (κ2) is 7.18. The number of methoxy groups -OCH3 is 1. The molecule has 13 heteroatoms. The number of imide groups is 1. The molecule has 2 amide bonds. The van der Waals surface area contributed by atoms with Gasteiger partial charge < -0.3 is 9.84 Å². The van der Waals surface area contributed by atoms with Gasteiger partial charge in [0.2, 0.25) is 5.75 Å². The van der Waals surface area contributed by atoms with Crippen molar-refractivity contribution in [3.05, 3.63) is 42.8 Å². The number of nitro groups is 2. The lowest BCUT2D eigenvalue weighted by atomic mass is 10.1. The molecule has 136 valence electrons. The predicted molar refractivity (Wildman–Crippen MR) is 86.1 cm³/mol. The van der Waals surface area contributed by atoms with Crippen molar-refractivity contribution in [1.29, 1.82) is 0 Å². The molecule has 1 aliphatic rings. The van der Waals surface area contributed by atoms with E-state index in [2.05, 4.69) is 4.74 Å². The minimum absolute atomic E-state index is 0.274. The van der Waals surface area contributed by atoms with E-state index in [-0.39, 0.29) is 4.91 Å². The molecule has 1 heterocycles. The summed E-state index contributed by atoms with van der Waals surface area (Å²) in [7, 11) is 1.07. The summed E-state index contributed by atoms with van der Waals surface area (Å²) in [6.45, 7) is -0.639. The highest BCUT2D eigenvalue weighted by atomic mass is 32.2. The van der Waals surface area contributed by atoms with Crippen LogP contribution in [0.15, 0.2) is 17.0 Å². The number of non-ortho nitro benzene ring substituents is 1. The molecule has 1 fully saturated rings. The van der Waals surface area contributed by atoms with Gasteiger partial charge in [0.1, 0.15) is 6.54 Å². The predicted octanol–water partition coefficient (Wildman–Crippen LogP) is 1.42. The summed E-state index contributed by atoms with van der Waals surface area (Å²) in [5.74, 6) is -2.65. The molecule has 1 N–H and O–H groups in total. The van der Waals surface area contributed by atoms with Gasteiger partial charge in [-0.15, -0.1) is 0 Å². The topological polar surface area (TPSA) is 170 Å². The lowest BCUT2D eigenvalue weighted by Gasteiger charge is -2.09. The third-order valence-corrected chi connectivity index (χ3v) is 4.09. The molecule has 0 aromatic heterocycles. The van der Waals surface area contributed by atoms with Gasteiger partial charge in [-0.25, -0.2) is 0 Å². The molecule has 1 saturated heterocycles. The molecule has 0 aliphatic carbocycles. The Morgan fingerprint density at radius 1 is 1.31 bits per heavy atom. The summed E-state index contributed by atoms with van der Waals surface area (Å²) in [5, 5.41) is 30.9. The normalized spacial score (nSPS) is 15.4. The molecule has 0 atom stereocenters. The van der Waals surface area contributed by atoms with E-state index in [0.29, 0.717) is 22.7 Å². The molecule has 0 bridgehead atoms. The van der Waals surface area contributed by atoms with Gasteiger partial charge in [0, 0.05) is 11.6 Å². The fraction of sp³-hybridized carbons (Fsp3) is 0.154. The van der Waals surface area contributed by atoms with Crippen molar-refractivity contribution in [2.24, 2.45) is 0 Å². The first-order valence-corrected chi connectivity index (χ1v) is 7.45. The monoisotopic (exact) mass is 383 g/mol. The number of thioether (sulfide) groups is 1. The maximum Gasteiger partial charge on any atom is 0.325 e. The number of carbonyl (C=O) groups excluding carboxylic acids is 3. The van der Waals surface area contributed by atoms with Crippen molar-refractivity contribution in [3.8, 4) is 5.75 Å². The SMILES string of the molecule is COC(=O)CN1C(=O)S/C(=C\c2cc([N+](=O)[O-])cc([N+](=O)[O-])c2O)C1=O. The highest BCUT2D eigenvalue weighted by Crippen LogP contribution is 2.38. The van der Waals surface area contributed by atoms with Gasteiger partial charge in [0.05, 0.1) is 27.9 Å². The minimum atomic E-state index is -1.03. The molecule has 0 saturated carbocycles. The summed E-state index contributed by atoms with van der Waals surface area (Å²) in [6, 6.07) is 1.38. The molecule has 0 unspecified atom stereocenters. The molecule has 26 heavy (non-hydrogen) atoms. The lowest BCUT2D eigenvalue weighted by molar-refractivity contribution is -0.394. The van der Waals surface area contributed by atoms with Crippen LogP contribution in [-0.2, 0) is 14.3 Å². The van der Waals surface area contributed by atoms with Crippen molar-refractivity contribution in [2.75, 3.05) is 13.7 Å². The number of nitro benzene ring substituents is 2. The second-order valence-electron chi connectivity index (χ2n) is 4.76. The molecule has 1 aliphatic heterocycles. The third kappa shape index (κ3) is 3.61. The molecule has 0 radical (unpaired) electrons. The maximum atomic E-state index is 12.2. The van der Waals surface area contributed by atoms with Crippen LogP contribution in [0.25, 0.3) is 6.08 Å². The van der Waals surface area contributed by atoms with Gasteiger partial charge in [0.25, 0.3) is 16.8 Å². The van der Waals surface area contributed by atoms with E-state index in [9.17, 15) is 39.7 Å². The lowest BCUT2D eigenvalue weighted by Crippen LogP contribution is -2.34. The van der Waals surface area contributed by atoms with E-state index in [4.69, 9.17) is 0 Å². The van der Waals surface area contributed by atoms with Crippen LogP contribution >= 0.6 is 11.8 Å². The van der Waals surface area contributed by atoms with Crippen LogP contribution in [0.3, 0.4) is 0 Å². The fourth-order valence-electron chi connectivity index (χ4n) is 1.95. The highest BCUT2D eigenvalue weighted by molar-refractivity contribution is 8.18. The highest BCUT2D eigenvalue weighted by Gasteiger charge is 2.37. The zero-order chi connectivity index (χ0) is 19.6. The Kier molecular flexibility index (Phi) is 5.21. The molecular formula is C13H9N3O9S. The standard InChI is InChI=1S/C13H9N3O9S/c1-25-10(17)5-14-12(19)9(26-13(14)20)3-6-2-7(15(21)22)4-8(11(6)18)16(23)24/h2-4,18H,5H2,1H3/b9-3-. The van der Waals surface area contributed by atoms with Crippen LogP contribution in [0.4, 0.5) is 16.2 Å². The van der Waals surface area contributed by atoms with Gasteiger partial charge in [-0.05, 0) is 17.8 Å². The van der Waals surface area contributed by atoms with Crippen LogP contribution in [0.5, 0.6) is 5.75 Å². The Balaban J connectivity index is 2.48. The number of phenolic OH excluding ortho intramolecular Hbond substituents is 1. The number of carbonyl (C=O) groups is 3. The van der Waals surface area contributed by atoms with Crippen molar-refractivity contribution in [3.63, 3.8) is 0 Å². The summed E-state index contributed by atoms with van der Waals surface area (Å²) in [4.78, 5) is 55.4. The van der Waals surface area contributed by atoms with Crippen LogP contribution in [0.2, 0.25) is 0 Å². The summed E-state index contributed by atoms with van der Waals surface area (Å²) in [6.07, 6.45) is 0.900. The Morgan fingerprint density at radius 2 is 1.96 bits per heavy atom. The number of esters is 1. The third-order valence-electron chi connectivity index (χ3n) is 3.19. The van der Waals surface area contributed by atoms with E-state index >= 15 is 0 Å². The number of rotatable bonds is 5. The summed E-state index contributed by atoms with van der Waals surface area (Å²) < 4.78 is 4.36. The molecule has 1 aromatic rings. The number of hydrogen-bond acceptors (Lipinski definition) is 10. The average Bonchev–Trinajstić information content (AvgIpc) is 2.83. The van der Waals surface area contributed by atoms with E-state index in [1.807, 2.05) is 0 Å². The van der Waals surface area contributed by atoms with Crippen molar-refractivity contribution >= 4 is 46.3 Å². The van der Waals surface area contributed by atoms with Crippen molar-refractivity contribution in [1.82, 2.24) is 4.90 Å². The number of hydrogen-bond donors (Lipinski definition) is 1. The van der Waals surface area contributed by atoms with Crippen molar-refractivity contribution < 1.29 is 34.1 Å². The zero-order valence-electron chi connectivity index (χ0n) is 12.9. The average molecular weight is 383 g/mol. The zero-order valence-corrected chi connectivity index (χ0v) is 13.7. The van der Waals surface area contributed by atoms with Crippen LogP contribution in [0.1, 0.15) is 5.56 Å². The van der Waals surface area contributed by atoms with Gasteiger partial charge in [0.15, 0.2) is 0 Å². The smallest absolute Gasteiger partial charge is 0.325 e. The largest absolute Gasteiger partial charge is 0.502 e. The fourth-order valence-corrected chi connectivity index (χ4v) is 2.78. The van der Waals surface area contributed by atoms with Gasteiger partial charge in [-0.1, -0.05) is 0 Å². The van der Waals surface area contributed by atoms with Crippen LogP contribution in [0, 0.1) is 20.2 Å². The quantitative estimate of drug-likeness (QED) is 0.339. The Bertz CT molecular complexity index is 880. The number of amides is 2. The second-order valence-corrected chi connectivity index (χ2v) is 5.75. The van der Waals surface area contributed by atoms with Crippen molar-refractivity contribution in [2.45, 2.75) is 0 Å². The Morgan fingerprint density at radius 3 is 2.50 bits per heavy atom.